The van der Waals surface area contributed by atoms with Gasteiger partial charge in [0, 0.05) is 44.4 Å². The number of aromatic amines is 1. The second-order valence-corrected chi connectivity index (χ2v) is 26.4. The molecule has 0 aliphatic heterocycles. The Morgan fingerprint density at radius 1 is 0.455 bits per heavy atom. The fourth-order valence-electron chi connectivity index (χ4n) is 10.2. The molecule has 2 aromatic rings. The number of carbonyl (C=O) groups is 15. The first kappa shape index (κ1) is 96.0. The van der Waals surface area contributed by atoms with E-state index in [-0.39, 0.29) is 101 Å². The summed E-state index contributed by atoms with van der Waals surface area (Å²) in [4.78, 5) is 221. The maximum absolute atomic E-state index is 14.7. The molecular weight excluding hydrogens is 1480 g/mol. The molecule has 47 nitrogen and oxygen atoms in total. The third-order valence-corrected chi connectivity index (χ3v) is 16.1. The van der Waals surface area contributed by atoms with Gasteiger partial charge in [-0.1, -0.05) is 39.8 Å². The summed E-state index contributed by atoms with van der Waals surface area (Å²) < 4.78 is 0. The Kier molecular flexibility index (Phi) is 42.7. The Hall–Kier alpha value is -12.1. The number of imidazole rings is 1. The van der Waals surface area contributed by atoms with Gasteiger partial charge in [0.1, 0.15) is 78.3 Å². The van der Waals surface area contributed by atoms with E-state index in [9.17, 15) is 103 Å². The SMILES string of the molecule is CC(C)C[C@H](NC(=O)CNC(=O)[C@@H](NC(=O)[C@H](CCCN=C(N)N)NC(=O)[C@H](Cc1ccc(O)cc1)NC(=O)[C@@H](NC(=O)[C@H](CCCN=C(N)N)NC(=O)[C@H](CO)NC(=O)[C@H](CO)NC(=O)[C@@H](N)CO)[C@@H](C)O)C(C)C)C(=O)NCC(=O)N[C@@H](CCCN=C(N)N)C(=O)N[C@@H](Cc1cnc[nH]1)C(=O)N[C@@H](CC(N)=O)C(=O)O. The molecule has 47 heteroatoms. The molecule has 624 valence electrons. The van der Waals surface area contributed by atoms with Gasteiger partial charge in [-0.15, -0.1) is 0 Å². The number of carboxylic acid groups (broad SMARTS) is 1. The van der Waals surface area contributed by atoms with Crippen molar-refractivity contribution < 1.29 is 103 Å². The number of phenolic OH excluding ortho intramolecular Hbond substituents is 1. The van der Waals surface area contributed by atoms with Crippen LogP contribution in [0.3, 0.4) is 0 Å². The summed E-state index contributed by atoms with van der Waals surface area (Å²) in [6.45, 7) is 2.68. The van der Waals surface area contributed by atoms with Crippen LogP contribution in [0.4, 0.5) is 0 Å². The normalized spacial score (nSPS) is 14.5. The molecule has 0 aliphatic carbocycles. The number of aliphatic carboxylic acids is 1. The first-order valence-corrected chi connectivity index (χ1v) is 35.3. The number of guanidine groups is 3. The minimum atomic E-state index is -1.97. The molecule has 0 saturated carbocycles. The van der Waals surface area contributed by atoms with Crippen molar-refractivity contribution in [1.29, 1.82) is 0 Å². The Balaban J connectivity index is 2.43. The minimum absolute atomic E-state index is 0.0102. The average molecular weight is 1590 g/mol. The molecule has 2 rings (SSSR count). The number of nitrogens with zero attached hydrogens (tertiary/aromatic N) is 4. The van der Waals surface area contributed by atoms with E-state index < -0.39 is 219 Å². The van der Waals surface area contributed by atoms with Crippen LogP contribution in [0.5, 0.6) is 5.75 Å². The van der Waals surface area contributed by atoms with Crippen LogP contribution in [0.15, 0.2) is 51.8 Å². The first-order chi connectivity index (χ1) is 52.7. The van der Waals surface area contributed by atoms with Crippen molar-refractivity contribution >= 4 is 107 Å². The third kappa shape index (κ3) is 36.9. The number of hydrogen-bond donors (Lipinski definition) is 28. The molecule has 0 unspecified atom stereocenters. The van der Waals surface area contributed by atoms with Gasteiger partial charge in [0.15, 0.2) is 17.9 Å². The first-order valence-electron chi connectivity index (χ1n) is 35.3. The summed E-state index contributed by atoms with van der Waals surface area (Å²) in [5.74, 6) is -18.6. The second-order valence-electron chi connectivity index (χ2n) is 26.4. The van der Waals surface area contributed by atoms with E-state index in [0.29, 0.717) is 11.3 Å². The molecule has 0 aliphatic rings. The van der Waals surface area contributed by atoms with E-state index in [1.165, 1.54) is 50.6 Å². The number of aliphatic hydroxyl groups is 4. The van der Waals surface area contributed by atoms with E-state index in [1.54, 1.807) is 13.8 Å². The largest absolute Gasteiger partial charge is 0.508 e. The Labute approximate surface area is 642 Å². The van der Waals surface area contributed by atoms with Crippen LogP contribution in [0.2, 0.25) is 0 Å². The Morgan fingerprint density at radius 2 is 0.848 bits per heavy atom. The molecule has 0 radical (unpaired) electrons. The number of nitrogens with one attached hydrogen (secondary N) is 14. The Morgan fingerprint density at radius 3 is 1.27 bits per heavy atom. The predicted octanol–water partition coefficient (Wildman–Crippen LogP) is -13.0. The van der Waals surface area contributed by atoms with Crippen molar-refractivity contribution in [2.24, 2.45) is 72.7 Å². The van der Waals surface area contributed by atoms with Crippen molar-refractivity contribution in [1.82, 2.24) is 79.1 Å². The summed E-state index contributed by atoms with van der Waals surface area (Å²) in [6.07, 6.45) is -1.46. The zero-order valence-electron chi connectivity index (χ0n) is 62.6. The number of benzene rings is 1. The summed E-state index contributed by atoms with van der Waals surface area (Å²) in [6, 6.07) is -14.4. The van der Waals surface area contributed by atoms with Crippen molar-refractivity contribution in [3.63, 3.8) is 0 Å². The number of rotatable bonds is 52. The molecule has 0 spiro atoms. The van der Waals surface area contributed by atoms with Gasteiger partial charge in [-0.2, -0.15) is 0 Å². The number of nitrogens with two attached hydrogens (primary N) is 8. The topological polar surface area (TPSA) is 808 Å². The van der Waals surface area contributed by atoms with Crippen LogP contribution in [0.1, 0.15) is 97.2 Å². The van der Waals surface area contributed by atoms with Gasteiger partial charge in [-0.25, -0.2) is 9.78 Å². The van der Waals surface area contributed by atoms with Gasteiger partial charge in [0.2, 0.25) is 82.7 Å². The molecule has 112 heavy (non-hydrogen) atoms. The maximum Gasteiger partial charge on any atom is 0.326 e. The number of aromatic hydroxyl groups is 1. The van der Waals surface area contributed by atoms with Gasteiger partial charge < -0.3 is 151 Å². The maximum atomic E-state index is 14.7. The predicted molar refractivity (Wildman–Crippen MR) is 398 cm³/mol. The lowest BCUT2D eigenvalue weighted by Gasteiger charge is -2.29. The van der Waals surface area contributed by atoms with E-state index in [2.05, 4.69) is 94.1 Å². The number of amides is 14. The van der Waals surface area contributed by atoms with E-state index >= 15 is 0 Å². The number of aromatic nitrogens is 2. The molecular formula is C65H108N26O21. The van der Waals surface area contributed by atoms with Crippen LogP contribution >= 0.6 is 0 Å². The number of aliphatic imine (C=N–C) groups is 3. The van der Waals surface area contributed by atoms with Crippen LogP contribution in [-0.2, 0) is 84.8 Å². The summed E-state index contributed by atoms with van der Waals surface area (Å²) in [5.41, 5.74) is 44.2. The van der Waals surface area contributed by atoms with E-state index in [4.69, 9.17) is 45.9 Å². The van der Waals surface area contributed by atoms with Gasteiger partial charge in [-0.05, 0) is 81.4 Å². The van der Waals surface area contributed by atoms with Gasteiger partial charge in [-0.3, -0.25) is 82.1 Å². The quantitative estimate of drug-likeness (QED) is 0.0166. The number of primary amides is 1. The number of aliphatic hydroxyl groups excluding tert-OH is 4. The van der Waals surface area contributed by atoms with Crippen LogP contribution < -0.4 is 115 Å². The Bertz CT molecular complexity index is 3570. The second kappa shape index (κ2) is 49.8. The highest BCUT2D eigenvalue weighted by Crippen LogP contribution is 2.15. The van der Waals surface area contributed by atoms with Crippen molar-refractivity contribution in [2.45, 2.75) is 177 Å². The zero-order valence-corrected chi connectivity index (χ0v) is 62.6. The third-order valence-electron chi connectivity index (χ3n) is 16.1. The van der Waals surface area contributed by atoms with Crippen LogP contribution in [-0.4, -0.2) is 278 Å². The van der Waals surface area contributed by atoms with Crippen molar-refractivity contribution in [2.75, 3.05) is 52.5 Å². The van der Waals surface area contributed by atoms with Gasteiger partial charge >= 0.3 is 5.97 Å². The molecule has 13 atom stereocenters. The molecule has 0 bridgehead atoms. The van der Waals surface area contributed by atoms with Crippen molar-refractivity contribution in [3.05, 3.63) is 48.0 Å². The molecule has 14 amide bonds. The monoisotopic (exact) mass is 1590 g/mol. The van der Waals surface area contributed by atoms with Crippen LogP contribution in [0, 0.1) is 11.8 Å². The molecule has 0 saturated heterocycles. The number of H-pyrrole nitrogens is 1. The lowest BCUT2D eigenvalue weighted by Crippen LogP contribution is -2.62. The lowest BCUT2D eigenvalue weighted by molar-refractivity contribution is -0.143. The molecule has 0 fully saturated rings. The molecule has 1 aromatic heterocycles. The average Bonchev–Trinajstić information content (AvgIpc) is 0.933. The minimum Gasteiger partial charge on any atom is -0.508 e. The van der Waals surface area contributed by atoms with Gasteiger partial charge in [0.25, 0.3) is 0 Å². The van der Waals surface area contributed by atoms with Gasteiger partial charge in [0.05, 0.1) is 51.8 Å². The fraction of sp³-hybridized carbons (Fsp3) is 0.585. The van der Waals surface area contributed by atoms with Crippen molar-refractivity contribution in [3.8, 4) is 5.75 Å². The highest BCUT2D eigenvalue weighted by Gasteiger charge is 2.38. The standard InChI is InChI=1S/C65H108N26O21/c1-30(2)19-40(52(101)78-24-47(98)81-37(9-6-16-75-63(68)69)53(102)85-42(21-34-23-74-29-80-34)57(106)87-43(62(111)112)22-46(67)97)82-48(99)25-79-60(109)49(31(3)4)90-54(103)38(10-7-17-76-64(70)71)83-56(105)41(20-33-12-14-35(96)15-13-33)86-61(110)50(32(5)95)91-55(104)39(11-8-18-77-65(72)73)84-58(107)45(28-94)89-59(108)44(27-93)88-51(100)36(66)26-92/h12-15,23,29-32,36-45,49-50,92-96H,6-11,16-22,24-28,66H2,1-5H3,(H2,67,97)(H,74,80)(H,78,101)(H,79,109)(H,81,98)(H,82,99)(H,83,105)(H,84,107)(H,85,102)(H,86,110)(H,87,106)(H,88,100)(H,89,108)(H,90,103)(H,91,104)(H,111,112)(H4,68,69,75)(H4,70,71,76)(H4,72,73,77)/t32-,36+,37+,38+,39+,40+,41+,42+,43+,44+,45+,49+,50+/m1/s1. The number of carboxylic acids is 1. The molecule has 1 heterocycles. The van der Waals surface area contributed by atoms with Crippen LogP contribution in [0.25, 0.3) is 0 Å². The van der Waals surface area contributed by atoms with E-state index in [1.807, 2.05) is 0 Å². The summed E-state index contributed by atoms with van der Waals surface area (Å²) >= 11 is 0. The van der Waals surface area contributed by atoms with E-state index in [0.717, 1.165) is 6.92 Å². The number of carbonyl (C=O) groups excluding carboxylic acids is 14. The molecule has 1 aromatic carbocycles. The highest BCUT2D eigenvalue weighted by molar-refractivity contribution is 6.00. The lowest BCUT2D eigenvalue weighted by atomic mass is 10.0. The number of hydrogen-bond acceptors (Lipinski definition) is 25. The smallest absolute Gasteiger partial charge is 0.326 e. The summed E-state index contributed by atoms with van der Waals surface area (Å²) in [7, 11) is 0. The molecule has 36 N–H and O–H groups in total. The highest BCUT2D eigenvalue weighted by atomic mass is 16.4. The zero-order chi connectivity index (χ0) is 84.5. The summed E-state index contributed by atoms with van der Waals surface area (Å²) in [5, 5.41) is 90.8. The fourth-order valence-corrected chi connectivity index (χ4v) is 10.2. The number of phenols is 1.